The van der Waals surface area contributed by atoms with E-state index in [0.717, 1.165) is 23.5 Å². The van der Waals surface area contributed by atoms with Gasteiger partial charge in [-0.15, -0.1) is 11.3 Å². The smallest absolute Gasteiger partial charge is 0.416 e. The molecule has 30 heavy (non-hydrogen) atoms. The zero-order chi connectivity index (χ0) is 21.3. The van der Waals surface area contributed by atoms with Gasteiger partial charge in [0.15, 0.2) is 0 Å². The van der Waals surface area contributed by atoms with Crippen LogP contribution in [0.5, 0.6) is 0 Å². The van der Waals surface area contributed by atoms with Crippen molar-refractivity contribution in [1.82, 2.24) is 4.98 Å². The Morgan fingerprint density at radius 2 is 1.93 bits per heavy atom. The van der Waals surface area contributed by atoms with E-state index in [0.29, 0.717) is 29.5 Å². The van der Waals surface area contributed by atoms with Crippen LogP contribution in [0.15, 0.2) is 53.9 Å². The Labute approximate surface area is 172 Å². The number of alkyl halides is 3. The summed E-state index contributed by atoms with van der Waals surface area (Å²) in [5.74, 6) is -0.488. The van der Waals surface area contributed by atoms with E-state index in [4.69, 9.17) is 4.74 Å². The highest BCUT2D eigenvalue weighted by Crippen LogP contribution is 2.33. The number of anilines is 2. The first-order chi connectivity index (χ1) is 14.3. The van der Waals surface area contributed by atoms with E-state index < -0.39 is 23.7 Å². The lowest BCUT2D eigenvalue weighted by atomic mass is 10.1. The minimum atomic E-state index is -4.45. The molecule has 3 aromatic rings. The average molecular weight is 433 g/mol. The molecule has 0 radical (unpaired) electrons. The van der Waals surface area contributed by atoms with Crippen molar-refractivity contribution in [1.29, 1.82) is 0 Å². The van der Waals surface area contributed by atoms with Gasteiger partial charge >= 0.3 is 12.3 Å². The van der Waals surface area contributed by atoms with Crippen LogP contribution in [0.4, 0.5) is 29.3 Å². The number of benzene rings is 2. The van der Waals surface area contributed by atoms with E-state index in [1.165, 1.54) is 22.4 Å². The monoisotopic (exact) mass is 433 g/mol. The lowest BCUT2D eigenvalue weighted by Crippen LogP contribution is -2.23. The molecule has 1 aromatic heterocycles. The number of rotatable bonds is 4. The van der Waals surface area contributed by atoms with Crippen LogP contribution in [0.3, 0.4) is 0 Å². The zero-order valence-electron chi connectivity index (χ0n) is 15.3. The van der Waals surface area contributed by atoms with Gasteiger partial charge in [0.1, 0.15) is 17.3 Å². The van der Waals surface area contributed by atoms with Gasteiger partial charge in [0, 0.05) is 22.3 Å². The number of halogens is 3. The summed E-state index contributed by atoms with van der Waals surface area (Å²) in [5, 5.41) is 4.48. The number of hydrogen-bond donors (Lipinski definition) is 1. The van der Waals surface area contributed by atoms with Gasteiger partial charge in [-0.3, -0.25) is 9.69 Å². The van der Waals surface area contributed by atoms with Crippen molar-refractivity contribution in [2.75, 3.05) is 23.4 Å². The highest BCUT2D eigenvalue weighted by atomic mass is 32.1. The lowest BCUT2D eigenvalue weighted by molar-refractivity contribution is -0.137. The summed E-state index contributed by atoms with van der Waals surface area (Å²) in [5.41, 5.74) is 0.749. The van der Waals surface area contributed by atoms with Crippen molar-refractivity contribution in [3.05, 3.63) is 65.2 Å². The third-order valence-corrected chi connectivity index (χ3v) is 5.26. The van der Waals surface area contributed by atoms with Gasteiger partial charge in [-0.2, -0.15) is 13.2 Å². The first-order valence-corrected chi connectivity index (χ1v) is 9.68. The third-order valence-electron chi connectivity index (χ3n) is 4.37. The molecule has 1 N–H and O–H groups in total. The van der Waals surface area contributed by atoms with Gasteiger partial charge in [0.25, 0.3) is 5.91 Å². The molecule has 2 amide bonds. The predicted octanol–water partition coefficient (Wildman–Crippen LogP) is 5.04. The van der Waals surface area contributed by atoms with Crippen LogP contribution in [-0.4, -0.2) is 30.1 Å². The van der Waals surface area contributed by atoms with Gasteiger partial charge in [-0.05, 0) is 36.4 Å². The maximum Gasteiger partial charge on any atom is 0.416 e. The summed E-state index contributed by atoms with van der Waals surface area (Å²) in [6, 6.07) is 11.4. The van der Waals surface area contributed by atoms with Crippen LogP contribution in [0.2, 0.25) is 0 Å². The molecule has 2 heterocycles. The second-order valence-corrected chi connectivity index (χ2v) is 7.24. The summed E-state index contributed by atoms with van der Waals surface area (Å²) in [6.07, 6.45) is -4.87. The van der Waals surface area contributed by atoms with Gasteiger partial charge < -0.3 is 10.1 Å². The van der Waals surface area contributed by atoms with Crippen LogP contribution in [0.25, 0.3) is 10.6 Å². The summed E-state index contributed by atoms with van der Waals surface area (Å²) < 4.78 is 43.6. The Morgan fingerprint density at radius 3 is 2.60 bits per heavy atom. The summed E-state index contributed by atoms with van der Waals surface area (Å²) >= 11 is 1.08. The molecule has 0 bridgehead atoms. The standard InChI is InChI=1S/C20H14F3N3O3S/c21-20(22,23)13-3-1-2-12(10-13)18-25-16(11-30-18)17(27)24-14-4-6-15(7-5-14)26-8-9-29-19(26)28/h1-7,10-11H,8-9H2,(H,24,27). The molecule has 154 valence electrons. The Hall–Kier alpha value is -3.40. The lowest BCUT2D eigenvalue weighted by Gasteiger charge is -2.13. The molecule has 1 aliphatic heterocycles. The quantitative estimate of drug-likeness (QED) is 0.626. The molecule has 1 aliphatic rings. The first-order valence-electron chi connectivity index (χ1n) is 8.80. The molecule has 0 unspecified atom stereocenters. The normalized spacial score (nSPS) is 14.0. The van der Waals surface area contributed by atoms with Crippen LogP contribution in [0, 0.1) is 0 Å². The van der Waals surface area contributed by atoms with E-state index >= 15 is 0 Å². The number of carbonyl (C=O) groups excluding carboxylic acids is 2. The molecule has 1 saturated heterocycles. The van der Waals surface area contributed by atoms with Gasteiger partial charge in [0.05, 0.1) is 12.1 Å². The number of carbonyl (C=O) groups is 2. The SMILES string of the molecule is O=C(Nc1ccc(N2CCOC2=O)cc1)c1csc(-c2cccc(C(F)(F)F)c2)n1. The fraction of sp³-hybridized carbons (Fsp3) is 0.150. The van der Waals surface area contributed by atoms with E-state index in [9.17, 15) is 22.8 Å². The van der Waals surface area contributed by atoms with E-state index in [2.05, 4.69) is 10.3 Å². The van der Waals surface area contributed by atoms with Gasteiger partial charge in [-0.1, -0.05) is 12.1 Å². The molecule has 0 spiro atoms. The highest BCUT2D eigenvalue weighted by molar-refractivity contribution is 7.13. The predicted molar refractivity (Wildman–Crippen MR) is 106 cm³/mol. The van der Waals surface area contributed by atoms with Crippen molar-refractivity contribution >= 4 is 34.7 Å². The van der Waals surface area contributed by atoms with Crippen LogP contribution in [0.1, 0.15) is 16.1 Å². The second kappa shape index (κ2) is 7.79. The number of amides is 2. The molecule has 0 aliphatic carbocycles. The molecule has 1 fully saturated rings. The molecule has 0 atom stereocenters. The van der Waals surface area contributed by atoms with Crippen molar-refractivity contribution in [2.45, 2.75) is 6.18 Å². The number of thiazole rings is 1. The number of cyclic esters (lactones) is 1. The molecule has 4 rings (SSSR count). The molecular weight excluding hydrogens is 419 g/mol. The Kier molecular flexibility index (Phi) is 5.17. The Morgan fingerprint density at radius 1 is 1.17 bits per heavy atom. The van der Waals surface area contributed by atoms with Crippen LogP contribution in [-0.2, 0) is 10.9 Å². The average Bonchev–Trinajstić information content (AvgIpc) is 3.37. The van der Waals surface area contributed by atoms with E-state index in [1.54, 1.807) is 24.3 Å². The van der Waals surface area contributed by atoms with Crippen molar-refractivity contribution < 1.29 is 27.5 Å². The molecule has 2 aromatic carbocycles. The van der Waals surface area contributed by atoms with Crippen molar-refractivity contribution in [2.24, 2.45) is 0 Å². The molecular formula is C20H14F3N3O3S. The number of aromatic nitrogens is 1. The summed E-state index contributed by atoms with van der Waals surface area (Å²) in [4.78, 5) is 29.7. The fourth-order valence-electron chi connectivity index (χ4n) is 2.89. The van der Waals surface area contributed by atoms with Crippen molar-refractivity contribution in [3.63, 3.8) is 0 Å². The number of nitrogens with zero attached hydrogens (tertiary/aromatic N) is 2. The summed E-state index contributed by atoms with van der Waals surface area (Å²) in [7, 11) is 0. The minimum Gasteiger partial charge on any atom is -0.447 e. The van der Waals surface area contributed by atoms with Gasteiger partial charge in [-0.25, -0.2) is 9.78 Å². The molecule has 0 saturated carbocycles. The topological polar surface area (TPSA) is 71.5 Å². The third kappa shape index (κ3) is 4.13. The van der Waals surface area contributed by atoms with Crippen molar-refractivity contribution in [3.8, 4) is 10.6 Å². The number of ether oxygens (including phenoxy) is 1. The Balaban J connectivity index is 1.46. The largest absolute Gasteiger partial charge is 0.447 e. The fourth-order valence-corrected chi connectivity index (χ4v) is 3.68. The van der Waals surface area contributed by atoms with Gasteiger partial charge in [0.2, 0.25) is 0 Å². The minimum absolute atomic E-state index is 0.0969. The maximum atomic E-state index is 12.9. The second-order valence-electron chi connectivity index (χ2n) is 6.38. The van der Waals surface area contributed by atoms with E-state index in [1.807, 2.05) is 0 Å². The zero-order valence-corrected chi connectivity index (χ0v) is 16.1. The highest BCUT2D eigenvalue weighted by Gasteiger charge is 2.30. The van der Waals surface area contributed by atoms with E-state index in [-0.39, 0.29) is 11.3 Å². The number of nitrogens with one attached hydrogen (secondary N) is 1. The molecule has 10 heteroatoms. The first kappa shape index (κ1) is 19.9. The van der Waals surface area contributed by atoms with Crippen LogP contribution >= 0.6 is 11.3 Å². The van der Waals surface area contributed by atoms with Crippen LogP contribution < -0.4 is 10.2 Å². The number of hydrogen-bond acceptors (Lipinski definition) is 5. The Bertz CT molecular complexity index is 1100. The summed E-state index contributed by atoms with van der Waals surface area (Å²) in [6.45, 7) is 0.789. The molecule has 6 nitrogen and oxygen atoms in total. The maximum absolute atomic E-state index is 12.9.